The van der Waals surface area contributed by atoms with Crippen molar-refractivity contribution in [3.63, 3.8) is 0 Å². The molecule has 0 radical (unpaired) electrons. The van der Waals surface area contributed by atoms with Crippen LogP contribution in [0, 0.1) is 5.92 Å². The Morgan fingerprint density at radius 1 is 1.33 bits per heavy atom. The Bertz CT molecular complexity index is 713. The molecule has 1 atom stereocenters. The third kappa shape index (κ3) is 3.71. The van der Waals surface area contributed by atoms with Crippen molar-refractivity contribution < 1.29 is 19.0 Å². The van der Waals surface area contributed by atoms with E-state index >= 15 is 0 Å². The molecule has 0 fully saturated rings. The molecule has 6 heteroatoms. The molecule has 0 aliphatic carbocycles. The molecule has 1 aliphatic rings. The van der Waals surface area contributed by atoms with Crippen LogP contribution in [0.15, 0.2) is 30.3 Å². The molecule has 1 aliphatic heterocycles. The summed E-state index contributed by atoms with van der Waals surface area (Å²) in [6.45, 7) is 1.70. The monoisotopic (exact) mass is 347 g/mol. The maximum absolute atomic E-state index is 12.2. The van der Waals surface area contributed by atoms with Crippen LogP contribution in [0.4, 0.5) is 0 Å². The summed E-state index contributed by atoms with van der Waals surface area (Å²) in [5.74, 6) is 1.80. The van der Waals surface area contributed by atoms with E-state index in [-0.39, 0.29) is 11.8 Å². The van der Waals surface area contributed by atoms with Crippen LogP contribution in [0.25, 0.3) is 0 Å². The van der Waals surface area contributed by atoms with Gasteiger partial charge in [-0.05, 0) is 30.2 Å². The second-order valence-corrected chi connectivity index (χ2v) is 6.91. The molecule has 0 saturated heterocycles. The normalized spacial score (nSPS) is 16.2. The van der Waals surface area contributed by atoms with Gasteiger partial charge in [0.05, 0.1) is 25.2 Å². The average molecular weight is 347 g/mol. The van der Waals surface area contributed by atoms with E-state index in [1.165, 1.54) is 11.3 Å². The number of thiophene rings is 1. The van der Waals surface area contributed by atoms with Gasteiger partial charge in [-0.25, -0.2) is 0 Å². The molecule has 0 spiro atoms. The molecule has 1 amide bonds. The van der Waals surface area contributed by atoms with Crippen LogP contribution in [0.5, 0.6) is 11.5 Å². The quantitative estimate of drug-likeness (QED) is 0.873. The number of fused-ring (bicyclic) bond motifs is 1. The molecular formula is C18H21NO4S. The zero-order chi connectivity index (χ0) is 16.9. The molecule has 0 unspecified atom stereocenters. The van der Waals surface area contributed by atoms with Gasteiger partial charge in [-0.3, -0.25) is 4.79 Å². The number of ether oxygens (including phenoxy) is 3. The summed E-state index contributed by atoms with van der Waals surface area (Å²) in [6, 6.07) is 9.67. The number of nitrogens with one attached hydrogen (secondary N) is 1. The van der Waals surface area contributed by atoms with Gasteiger partial charge in [0.2, 0.25) is 0 Å². The molecule has 0 bridgehead atoms. The molecule has 2 aromatic rings. The van der Waals surface area contributed by atoms with Gasteiger partial charge in [0, 0.05) is 24.4 Å². The fourth-order valence-corrected chi connectivity index (χ4v) is 3.69. The number of carbonyl (C=O) groups excluding carboxylic acids is 1. The molecule has 3 rings (SSSR count). The van der Waals surface area contributed by atoms with Crippen molar-refractivity contribution in [3.8, 4) is 11.5 Å². The number of para-hydroxylation sites is 1. The largest absolute Gasteiger partial charge is 0.493 e. The van der Waals surface area contributed by atoms with Gasteiger partial charge in [-0.2, -0.15) is 0 Å². The Labute approximate surface area is 145 Å². The van der Waals surface area contributed by atoms with E-state index < -0.39 is 0 Å². The second-order valence-electron chi connectivity index (χ2n) is 5.74. The topological polar surface area (TPSA) is 56.8 Å². The standard InChI is InChI=1S/C18H21NO4S/c1-21-11-14-6-7-16(24-14)18(20)19-9-12-8-13-4-3-5-15(22-2)17(13)23-10-12/h3-7,12H,8-11H2,1-2H3,(H,19,20)/t12-/m1/s1. The van der Waals surface area contributed by atoms with Gasteiger partial charge >= 0.3 is 0 Å². The predicted molar refractivity (Wildman–Crippen MR) is 93.0 cm³/mol. The smallest absolute Gasteiger partial charge is 0.261 e. The number of hydrogen-bond acceptors (Lipinski definition) is 5. The number of rotatable bonds is 6. The van der Waals surface area contributed by atoms with Crippen molar-refractivity contribution in [1.82, 2.24) is 5.32 Å². The van der Waals surface area contributed by atoms with Crippen molar-refractivity contribution in [2.45, 2.75) is 13.0 Å². The lowest BCUT2D eigenvalue weighted by atomic mass is 9.96. The third-order valence-corrected chi connectivity index (χ3v) is 5.03. The highest BCUT2D eigenvalue weighted by Crippen LogP contribution is 2.35. The minimum atomic E-state index is -0.0428. The van der Waals surface area contributed by atoms with Gasteiger partial charge < -0.3 is 19.5 Å². The summed E-state index contributed by atoms with van der Waals surface area (Å²) in [7, 11) is 3.29. The first-order valence-corrected chi connectivity index (χ1v) is 8.67. The molecule has 1 aromatic heterocycles. The van der Waals surface area contributed by atoms with Gasteiger partial charge in [-0.1, -0.05) is 12.1 Å². The lowest BCUT2D eigenvalue weighted by Gasteiger charge is -2.26. The number of amides is 1. The van der Waals surface area contributed by atoms with Crippen molar-refractivity contribution in [1.29, 1.82) is 0 Å². The average Bonchev–Trinajstić information content (AvgIpc) is 3.08. The Balaban J connectivity index is 1.56. The summed E-state index contributed by atoms with van der Waals surface area (Å²) >= 11 is 1.46. The third-order valence-electron chi connectivity index (χ3n) is 3.98. The van der Waals surface area contributed by atoms with Crippen LogP contribution in [0.1, 0.15) is 20.1 Å². The van der Waals surface area contributed by atoms with Crippen LogP contribution >= 0.6 is 11.3 Å². The molecule has 1 aromatic carbocycles. The Morgan fingerprint density at radius 2 is 2.21 bits per heavy atom. The zero-order valence-electron chi connectivity index (χ0n) is 13.8. The molecule has 2 heterocycles. The summed E-state index contributed by atoms with van der Waals surface area (Å²) in [5, 5.41) is 3.00. The van der Waals surface area contributed by atoms with Crippen molar-refractivity contribution in [3.05, 3.63) is 45.6 Å². The van der Waals surface area contributed by atoms with E-state index in [0.29, 0.717) is 24.6 Å². The van der Waals surface area contributed by atoms with Crippen molar-refractivity contribution in [2.24, 2.45) is 5.92 Å². The van der Waals surface area contributed by atoms with Gasteiger partial charge in [0.25, 0.3) is 5.91 Å². The summed E-state index contributed by atoms with van der Waals surface area (Å²) in [5.41, 5.74) is 1.12. The molecule has 1 N–H and O–H groups in total. The van der Waals surface area contributed by atoms with Crippen LogP contribution in [0.3, 0.4) is 0 Å². The fourth-order valence-electron chi connectivity index (χ4n) is 2.79. The number of methoxy groups -OCH3 is 2. The van der Waals surface area contributed by atoms with E-state index in [2.05, 4.69) is 5.32 Å². The van der Waals surface area contributed by atoms with Gasteiger partial charge in [0.15, 0.2) is 11.5 Å². The minimum Gasteiger partial charge on any atom is -0.493 e. The molecule has 128 valence electrons. The van der Waals surface area contributed by atoms with Crippen molar-refractivity contribution in [2.75, 3.05) is 27.4 Å². The highest BCUT2D eigenvalue weighted by molar-refractivity contribution is 7.14. The van der Waals surface area contributed by atoms with E-state index in [1.807, 2.05) is 30.3 Å². The minimum absolute atomic E-state index is 0.0428. The highest BCUT2D eigenvalue weighted by atomic mass is 32.1. The Hall–Kier alpha value is -2.05. The lowest BCUT2D eigenvalue weighted by Crippen LogP contribution is -2.34. The summed E-state index contributed by atoms with van der Waals surface area (Å²) in [4.78, 5) is 14.0. The maximum atomic E-state index is 12.2. The number of carbonyl (C=O) groups is 1. The second kappa shape index (κ2) is 7.68. The molecular weight excluding hydrogens is 326 g/mol. The van der Waals surface area contributed by atoms with Gasteiger partial charge in [0.1, 0.15) is 0 Å². The molecule has 24 heavy (non-hydrogen) atoms. The van der Waals surface area contributed by atoms with Crippen LogP contribution in [0.2, 0.25) is 0 Å². The van der Waals surface area contributed by atoms with E-state index in [1.54, 1.807) is 14.2 Å². The lowest BCUT2D eigenvalue weighted by molar-refractivity contribution is 0.0942. The maximum Gasteiger partial charge on any atom is 0.261 e. The first-order valence-electron chi connectivity index (χ1n) is 7.85. The van der Waals surface area contributed by atoms with Crippen molar-refractivity contribution >= 4 is 17.2 Å². The Morgan fingerprint density at radius 3 is 3.00 bits per heavy atom. The molecule has 5 nitrogen and oxygen atoms in total. The number of benzene rings is 1. The van der Waals surface area contributed by atoms with E-state index in [0.717, 1.165) is 28.4 Å². The highest BCUT2D eigenvalue weighted by Gasteiger charge is 2.23. The number of hydrogen-bond donors (Lipinski definition) is 1. The fraction of sp³-hybridized carbons (Fsp3) is 0.389. The predicted octanol–water partition coefficient (Wildman–Crippen LogP) is 2.88. The van der Waals surface area contributed by atoms with Crippen LogP contribution in [-0.4, -0.2) is 33.3 Å². The van der Waals surface area contributed by atoms with E-state index in [9.17, 15) is 4.79 Å². The van der Waals surface area contributed by atoms with Crippen LogP contribution in [-0.2, 0) is 17.8 Å². The van der Waals surface area contributed by atoms with Gasteiger partial charge in [-0.15, -0.1) is 11.3 Å². The molecule has 0 saturated carbocycles. The van der Waals surface area contributed by atoms with Crippen LogP contribution < -0.4 is 14.8 Å². The first-order chi connectivity index (χ1) is 11.7. The van der Waals surface area contributed by atoms with E-state index in [4.69, 9.17) is 14.2 Å². The summed E-state index contributed by atoms with van der Waals surface area (Å²) < 4.78 is 16.2. The Kier molecular flexibility index (Phi) is 5.37. The first kappa shape index (κ1) is 16.8. The SMILES string of the molecule is COCc1ccc(C(=O)NC[C@@H]2COc3c(cccc3OC)C2)s1. The zero-order valence-corrected chi connectivity index (χ0v) is 14.7. The summed E-state index contributed by atoms with van der Waals surface area (Å²) in [6.07, 6.45) is 0.867.